The van der Waals surface area contributed by atoms with Crippen molar-refractivity contribution in [2.24, 2.45) is 5.10 Å². The second-order valence-corrected chi connectivity index (χ2v) is 8.24. The molecule has 0 unspecified atom stereocenters. The molecule has 2 aromatic carbocycles. The van der Waals surface area contributed by atoms with Crippen molar-refractivity contribution in [3.8, 4) is 11.5 Å². The van der Waals surface area contributed by atoms with E-state index in [0.717, 1.165) is 10.9 Å². The molecule has 0 radical (unpaired) electrons. The van der Waals surface area contributed by atoms with E-state index in [-0.39, 0.29) is 19.1 Å². The summed E-state index contributed by atoms with van der Waals surface area (Å²) in [5, 5.41) is 4.90. The van der Waals surface area contributed by atoms with Gasteiger partial charge in [0.1, 0.15) is 17.0 Å². The maximum Gasteiger partial charge on any atom is 0.277 e. The van der Waals surface area contributed by atoms with Gasteiger partial charge in [-0.25, -0.2) is 5.43 Å². The predicted molar refractivity (Wildman–Crippen MR) is 130 cm³/mol. The Morgan fingerprint density at radius 2 is 1.88 bits per heavy atom. The number of ether oxygens (including phenoxy) is 3. The number of fused-ring (bicyclic) bond motifs is 1. The number of para-hydroxylation sites is 1. The summed E-state index contributed by atoms with van der Waals surface area (Å²) in [4.78, 5) is 30.3. The zero-order valence-corrected chi connectivity index (χ0v) is 19.9. The Morgan fingerprint density at radius 1 is 1.09 bits per heavy atom. The molecule has 9 nitrogen and oxygen atoms in total. The molecule has 1 aliphatic heterocycles. The van der Waals surface area contributed by atoms with Gasteiger partial charge in [-0.15, -0.1) is 0 Å². The first-order valence-electron chi connectivity index (χ1n) is 10.7. The lowest BCUT2D eigenvalue weighted by atomic mass is 10.2. The van der Waals surface area contributed by atoms with Gasteiger partial charge in [-0.2, -0.15) is 5.10 Å². The van der Waals surface area contributed by atoms with Gasteiger partial charge in [0, 0.05) is 24.7 Å². The summed E-state index contributed by atoms with van der Waals surface area (Å²) >= 11 is 3.44. The molecule has 1 fully saturated rings. The SMILES string of the molecule is O=C(COc1cccc2cccnc12)N/N=C\c1ccc(OCC(=O)N2CCOCC2)c(Br)c1. The standard InChI is InChI=1S/C24H23BrN4O5/c25-19-13-17(6-7-20(19)34-16-23(31)29-9-11-32-12-10-29)14-27-28-22(30)15-33-21-5-1-3-18-4-2-8-26-24(18)21/h1-8,13-14H,9-12,15-16H2,(H,28,30)/b27-14-. The number of carbonyl (C=O) groups excluding carboxylic acids is 2. The molecule has 2 heterocycles. The number of halogens is 1. The zero-order chi connectivity index (χ0) is 23.8. The van der Waals surface area contributed by atoms with Crippen molar-refractivity contribution in [3.63, 3.8) is 0 Å². The van der Waals surface area contributed by atoms with Crippen LogP contribution in [0, 0.1) is 0 Å². The molecule has 1 aromatic heterocycles. The average molecular weight is 527 g/mol. The van der Waals surface area contributed by atoms with E-state index in [0.29, 0.717) is 47.8 Å². The number of pyridine rings is 1. The lowest BCUT2D eigenvalue weighted by Gasteiger charge is -2.26. The van der Waals surface area contributed by atoms with E-state index >= 15 is 0 Å². The molecule has 0 saturated carbocycles. The fraction of sp³-hybridized carbons (Fsp3) is 0.250. The van der Waals surface area contributed by atoms with Gasteiger partial charge in [0.25, 0.3) is 11.8 Å². The van der Waals surface area contributed by atoms with Crippen LogP contribution in [-0.4, -0.2) is 67.4 Å². The molecule has 0 spiro atoms. The van der Waals surface area contributed by atoms with E-state index in [1.54, 1.807) is 35.4 Å². The van der Waals surface area contributed by atoms with Gasteiger partial charge in [-0.05, 0) is 51.8 Å². The van der Waals surface area contributed by atoms with E-state index < -0.39 is 5.91 Å². The fourth-order valence-electron chi connectivity index (χ4n) is 3.31. The maximum absolute atomic E-state index is 12.2. The van der Waals surface area contributed by atoms with Crippen LogP contribution in [0.4, 0.5) is 0 Å². The number of nitrogens with zero attached hydrogens (tertiary/aromatic N) is 3. The minimum absolute atomic E-state index is 0.0473. The highest BCUT2D eigenvalue weighted by Gasteiger charge is 2.17. The highest BCUT2D eigenvalue weighted by atomic mass is 79.9. The van der Waals surface area contributed by atoms with Crippen molar-refractivity contribution >= 4 is 44.9 Å². The number of benzene rings is 2. The molecule has 10 heteroatoms. The normalized spacial score (nSPS) is 13.7. The predicted octanol–water partition coefficient (Wildman–Crippen LogP) is 2.76. The molecular formula is C24H23BrN4O5. The number of rotatable bonds is 8. The molecule has 176 valence electrons. The number of hydrogen-bond donors (Lipinski definition) is 1. The zero-order valence-electron chi connectivity index (χ0n) is 18.3. The van der Waals surface area contributed by atoms with Gasteiger partial charge in [-0.3, -0.25) is 14.6 Å². The number of morpholine rings is 1. The number of aromatic nitrogens is 1. The summed E-state index contributed by atoms with van der Waals surface area (Å²) in [6, 6.07) is 14.6. The van der Waals surface area contributed by atoms with Gasteiger partial charge in [-0.1, -0.05) is 18.2 Å². The van der Waals surface area contributed by atoms with Crippen molar-refractivity contribution in [1.82, 2.24) is 15.3 Å². The average Bonchev–Trinajstić information content (AvgIpc) is 2.87. The van der Waals surface area contributed by atoms with E-state index in [4.69, 9.17) is 14.2 Å². The summed E-state index contributed by atoms with van der Waals surface area (Å²) in [7, 11) is 0. The Labute approximate surface area is 204 Å². The Balaban J connectivity index is 1.25. The van der Waals surface area contributed by atoms with Crippen LogP contribution in [0.2, 0.25) is 0 Å². The monoisotopic (exact) mass is 526 g/mol. The van der Waals surface area contributed by atoms with E-state index in [1.165, 1.54) is 6.21 Å². The second kappa shape index (κ2) is 11.6. The Bertz CT molecular complexity index is 1190. The quantitative estimate of drug-likeness (QED) is 0.357. The smallest absolute Gasteiger partial charge is 0.277 e. The second-order valence-electron chi connectivity index (χ2n) is 7.38. The molecule has 1 saturated heterocycles. The molecule has 1 N–H and O–H groups in total. The van der Waals surface area contributed by atoms with Gasteiger partial charge < -0.3 is 19.1 Å². The lowest BCUT2D eigenvalue weighted by molar-refractivity contribution is -0.137. The Morgan fingerprint density at radius 3 is 2.71 bits per heavy atom. The first kappa shape index (κ1) is 23.7. The first-order valence-corrected chi connectivity index (χ1v) is 11.5. The van der Waals surface area contributed by atoms with Crippen molar-refractivity contribution in [2.45, 2.75) is 0 Å². The molecular weight excluding hydrogens is 504 g/mol. The summed E-state index contributed by atoms with van der Waals surface area (Å²) in [5.41, 5.74) is 3.87. The third kappa shape index (κ3) is 6.30. The van der Waals surface area contributed by atoms with Crippen LogP contribution < -0.4 is 14.9 Å². The van der Waals surface area contributed by atoms with Gasteiger partial charge in [0.2, 0.25) is 0 Å². The van der Waals surface area contributed by atoms with Crippen molar-refractivity contribution in [2.75, 3.05) is 39.5 Å². The number of carbonyl (C=O) groups is 2. The van der Waals surface area contributed by atoms with Crippen LogP contribution in [0.25, 0.3) is 10.9 Å². The molecule has 1 aliphatic rings. The molecule has 4 rings (SSSR count). The molecule has 0 aliphatic carbocycles. The highest BCUT2D eigenvalue weighted by molar-refractivity contribution is 9.10. The Hall–Kier alpha value is -3.50. The summed E-state index contributed by atoms with van der Waals surface area (Å²) in [5.74, 6) is 0.596. The minimum atomic E-state index is -0.398. The fourth-order valence-corrected chi connectivity index (χ4v) is 3.82. The van der Waals surface area contributed by atoms with Crippen LogP contribution in [-0.2, 0) is 14.3 Å². The molecule has 2 amide bonds. The van der Waals surface area contributed by atoms with Crippen LogP contribution in [0.15, 0.2) is 64.3 Å². The molecule has 0 bridgehead atoms. The number of hydrazone groups is 1. The molecule has 0 atom stereocenters. The number of amides is 2. The number of nitrogens with one attached hydrogen (secondary N) is 1. The summed E-state index contributed by atoms with van der Waals surface area (Å²) in [6.07, 6.45) is 3.18. The topological polar surface area (TPSA) is 102 Å². The molecule has 34 heavy (non-hydrogen) atoms. The van der Waals surface area contributed by atoms with E-state index in [2.05, 4.69) is 31.4 Å². The van der Waals surface area contributed by atoms with E-state index in [1.807, 2.05) is 24.3 Å². The van der Waals surface area contributed by atoms with Crippen LogP contribution in [0.3, 0.4) is 0 Å². The first-order chi connectivity index (χ1) is 16.6. The lowest BCUT2D eigenvalue weighted by Crippen LogP contribution is -2.43. The molecule has 3 aromatic rings. The third-order valence-electron chi connectivity index (χ3n) is 5.03. The van der Waals surface area contributed by atoms with Crippen LogP contribution >= 0.6 is 15.9 Å². The van der Waals surface area contributed by atoms with E-state index in [9.17, 15) is 9.59 Å². The van der Waals surface area contributed by atoms with Crippen LogP contribution in [0.5, 0.6) is 11.5 Å². The van der Waals surface area contributed by atoms with Gasteiger partial charge in [0.15, 0.2) is 13.2 Å². The van der Waals surface area contributed by atoms with Crippen molar-refractivity contribution in [1.29, 1.82) is 0 Å². The largest absolute Gasteiger partial charge is 0.483 e. The van der Waals surface area contributed by atoms with Crippen LogP contribution in [0.1, 0.15) is 5.56 Å². The van der Waals surface area contributed by atoms with Crippen molar-refractivity contribution in [3.05, 3.63) is 64.8 Å². The van der Waals surface area contributed by atoms with Crippen molar-refractivity contribution < 1.29 is 23.8 Å². The highest BCUT2D eigenvalue weighted by Crippen LogP contribution is 2.26. The minimum Gasteiger partial charge on any atom is -0.483 e. The summed E-state index contributed by atoms with van der Waals surface area (Å²) in [6.45, 7) is 2.01. The number of hydrogen-bond acceptors (Lipinski definition) is 7. The summed E-state index contributed by atoms with van der Waals surface area (Å²) < 4.78 is 17.2. The van der Waals surface area contributed by atoms with Gasteiger partial charge in [0.05, 0.1) is 23.9 Å². The van der Waals surface area contributed by atoms with Gasteiger partial charge >= 0.3 is 0 Å². The Kier molecular flexibility index (Phi) is 8.05. The third-order valence-corrected chi connectivity index (χ3v) is 5.65. The maximum atomic E-state index is 12.2.